The zero-order valence-corrected chi connectivity index (χ0v) is 21.8. The van der Waals surface area contributed by atoms with Gasteiger partial charge in [0.2, 0.25) is 0 Å². The van der Waals surface area contributed by atoms with Gasteiger partial charge in [-0.1, -0.05) is 29.3 Å². The summed E-state index contributed by atoms with van der Waals surface area (Å²) in [5.41, 5.74) is 4.28. The van der Waals surface area contributed by atoms with Crippen LogP contribution in [0.2, 0.25) is 10.0 Å². The molecule has 0 unspecified atom stereocenters. The molecule has 0 saturated heterocycles. The van der Waals surface area contributed by atoms with Crippen molar-refractivity contribution in [1.82, 2.24) is 9.88 Å². The second kappa shape index (κ2) is 9.64. The number of carbonyl (C=O) groups excluding carboxylic acids is 2. The van der Waals surface area contributed by atoms with Gasteiger partial charge in [-0.15, -0.1) is 11.3 Å². The molecule has 0 fully saturated rings. The number of rotatable bonds is 4. The van der Waals surface area contributed by atoms with Gasteiger partial charge < -0.3 is 19.4 Å². The van der Waals surface area contributed by atoms with E-state index in [1.54, 1.807) is 41.4 Å². The molecular weight excluding hydrogens is 495 g/mol. The number of carbonyl (C=O) groups is 2. The van der Waals surface area contributed by atoms with Gasteiger partial charge >= 0.3 is 12.1 Å². The molecule has 1 aliphatic heterocycles. The van der Waals surface area contributed by atoms with E-state index in [2.05, 4.69) is 10.4 Å². The van der Waals surface area contributed by atoms with E-state index in [0.29, 0.717) is 35.2 Å². The number of benzene rings is 1. The highest BCUT2D eigenvalue weighted by atomic mass is 35.5. The number of H-pyrrole nitrogens is 1. The van der Waals surface area contributed by atoms with Gasteiger partial charge in [0, 0.05) is 39.6 Å². The lowest BCUT2D eigenvalue weighted by Gasteiger charge is -2.29. The number of halogens is 2. The maximum absolute atomic E-state index is 12.8. The number of nitrogens with one attached hydrogen (secondary N) is 1. The number of nitrogens with zero attached hydrogens (tertiary/aromatic N) is 1. The Balaban J connectivity index is 1.73. The normalized spacial score (nSPS) is 14.3. The fraction of sp³-hybridized carbons (Fsp3) is 0.360. The first-order valence-electron chi connectivity index (χ1n) is 11.0. The Labute approximate surface area is 212 Å². The summed E-state index contributed by atoms with van der Waals surface area (Å²) in [5, 5.41) is 3.04. The van der Waals surface area contributed by atoms with E-state index in [0.717, 1.165) is 32.5 Å². The van der Waals surface area contributed by atoms with E-state index in [1.165, 1.54) is 0 Å². The summed E-state index contributed by atoms with van der Waals surface area (Å²) < 4.78 is 11.7. The third-order valence-corrected chi connectivity index (χ3v) is 6.79. The van der Waals surface area contributed by atoms with Gasteiger partial charge in [0.25, 0.3) is 0 Å². The van der Waals surface area contributed by atoms with E-state index >= 15 is 0 Å². The monoisotopic (exact) mass is 520 g/mol. The van der Waals surface area contributed by atoms with Crippen molar-refractivity contribution in [1.29, 1.82) is 0 Å². The molecule has 1 N–H and O–H groups in total. The number of esters is 1. The van der Waals surface area contributed by atoms with Crippen LogP contribution in [0.4, 0.5) is 4.79 Å². The van der Waals surface area contributed by atoms with Gasteiger partial charge in [0.15, 0.2) is 0 Å². The summed E-state index contributed by atoms with van der Waals surface area (Å²) >= 11 is 14.1. The number of hydrogen-bond acceptors (Lipinski definition) is 5. The Morgan fingerprint density at radius 1 is 1.18 bits per heavy atom. The molecule has 0 aliphatic carbocycles. The van der Waals surface area contributed by atoms with Crippen LogP contribution in [0.15, 0.2) is 29.7 Å². The highest BCUT2D eigenvalue weighted by Gasteiger charge is 2.27. The van der Waals surface area contributed by atoms with Crippen LogP contribution < -0.4 is 0 Å². The second-order valence-corrected chi connectivity index (χ2v) is 10.8. The number of fused-ring (bicyclic) bond motifs is 1. The topological polar surface area (TPSA) is 71.6 Å². The van der Waals surface area contributed by atoms with Crippen molar-refractivity contribution in [3.8, 4) is 11.1 Å². The van der Waals surface area contributed by atoms with Crippen molar-refractivity contribution < 1.29 is 19.1 Å². The van der Waals surface area contributed by atoms with Crippen LogP contribution in [0, 0.1) is 0 Å². The molecule has 34 heavy (non-hydrogen) atoms. The molecule has 0 radical (unpaired) electrons. The maximum Gasteiger partial charge on any atom is 0.410 e. The van der Waals surface area contributed by atoms with Crippen molar-refractivity contribution in [2.75, 3.05) is 19.7 Å². The van der Waals surface area contributed by atoms with Crippen LogP contribution in [-0.2, 0) is 9.47 Å². The van der Waals surface area contributed by atoms with Crippen LogP contribution in [0.3, 0.4) is 0 Å². The minimum Gasteiger partial charge on any atom is -0.461 e. The van der Waals surface area contributed by atoms with Crippen LogP contribution >= 0.6 is 34.5 Å². The number of amides is 1. The van der Waals surface area contributed by atoms with Crippen molar-refractivity contribution in [2.45, 2.75) is 39.7 Å². The largest absolute Gasteiger partial charge is 0.461 e. The van der Waals surface area contributed by atoms with Gasteiger partial charge in [0.1, 0.15) is 11.3 Å². The lowest BCUT2D eigenvalue weighted by molar-refractivity contribution is 0.0270. The molecule has 3 heterocycles. The van der Waals surface area contributed by atoms with E-state index < -0.39 is 11.6 Å². The van der Waals surface area contributed by atoms with Crippen molar-refractivity contribution in [3.05, 3.63) is 51.0 Å². The van der Waals surface area contributed by atoms with Crippen LogP contribution in [0.25, 0.3) is 26.9 Å². The highest BCUT2D eigenvalue weighted by molar-refractivity contribution is 7.18. The van der Waals surface area contributed by atoms with Gasteiger partial charge in [-0.3, -0.25) is 0 Å². The molecule has 0 bridgehead atoms. The van der Waals surface area contributed by atoms with Crippen LogP contribution in [-0.4, -0.2) is 47.2 Å². The Morgan fingerprint density at radius 3 is 2.47 bits per heavy atom. The number of aromatic amines is 1. The number of ether oxygens (including phenoxy) is 2. The van der Waals surface area contributed by atoms with E-state index in [4.69, 9.17) is 32.7 Å². The fourth-order valence-electron chi connectivity index (χ4n) is 3.94. The van der Waals surface area contributed by atoms with Gasteiger partial charge in [-0.2, -0.15) is 0 Å². The molecule has 0 spiro atoms. The third kappa shape index (κ3) is 5.11. The molecule has 180 valence electrons. The first kappa shape index (κ1) is 24.6. The van der Waals surface area contributed by atoms with Crippen molar-refractivity contribution in [3.63, 3.8) is 0 Å². The third-order valence-electron chi connectivity index (χ3n) is 5.36. The lowest BCUT2D eigenvalue weighted by Crippen LogP contribution is -2.39. The standard InChI is InChI=1S/C25H26Cl2N2O4S/c1-5-32-23(30)21-19(15-10-16(26)12-17(27)11-15)22-20(28-21)18(13-34-22)14-6-8-29(9-7-14)24(31)33-25(2,3)4/h6,10-13,28H,5,7-9H2,1-4H3. The molecule has 2 aromatic heterocycles. The Bertz CT molecular complexity index is 1270. The summed E-state index contributed by atoms with van der Waals surface area (Å²) in [4.78, 5) is 30.2. The van der Waals surface area contributed by atoms with E-state index in [1.807, 2.05) is 26.8 Å². The average molecular weight is 521 g/mol. The van der Waals surface area contributed by atoms with Gasteiger partial charge in [-0.25, -0.2) is 9.59 Å². The lowest BCUT2D eigenvalue weighted by atomic mass is 10.0. The minimum absolute atomic E-state index is 0.264. The molecule has 3 aromatic rings. The summed E-state index contributed by atoms with van der Waals surface area (Å²) in [6, 6.07) is 5.23. The summed E-state index contributed by atoms with van der Waals surface area (Å²) in [7, 11) is 0. The molecule has 6 nitrogen and oxygen atoms in total. The van der Waals surface area contributed by atoms with Crippen molar-refractivity contribution in [2.24, 2.45) is 0 Å². The summed E-state index contributed by atoms with van der Waals surface area (Å²) in [6.07, 6.45) is 2.40. The molecule has 0 saturated carbocycles. The predicted octanol–water partition coefficient (Wildman–Crippen LogP) is 7.40. The molecule has 1 aromatic carbocycles. The van der Waals surface area contributed by atoms with E-state index in [-0.39, 0.29) is 12.7 Å². The molecule has 0 atom stereocenters. The quantitative estimate of drug-likeness (QED) is 0.363. The number of hydrogen-bond donors (Lipinski definition) is 1. The Kier molecular flexibility index (Phi) is 6.99. The zero-order valence-electron chi connectivity index (χ0n) is 19.5. The SMILES string of the molecule is CCOC(=O)c1[nH]c2c(C3=CCN(C(=O)OC(C)(C)C)CC3)csc2c1-c1cc(Cl)cc(Cl)c1. The van der Waals surface area contributed by atoms with Crippen LogP contribution in [0.5, 0.6) is 0 Å². The highest BCUT2D eigenvalue weighted by Crippen LogP contribution is 2.42. The van der Waals surface area contributed by atoms with Crippen LogP contribution in [0.1, 0.15) is 50.2 Å². The molecule has 4 rings (SSSR count). The summed E-state index contributed by atoms with van der Waals surface area (Å²) in [6.45, 7) is 8.62. The Hall–Kier alpha value is -2.48. The zero-order chi connectivity index (χ0) is 24.6. The first-order valence-corrected chi connectivity index (χ1v) is 12.6. The summed E-state index contributed by atoms with van der Waals surface area (Å²) in [5.74, 6) is -0.434. The minimum atomic E-state index is -0.534. The number of aromatic nitrogens is 1. The molecular formula is C25H26Cl2N2O4S. The predicted molar refractivity (Wildman–Crippen MR) is 138 cm³/mol. The molecule has 1 amide bonds. The Morgan fingerprint density at radius 2 is 1.88 bits per heavy atom. The first-order chi connectivity index (χ1) is 16.1. The average Bonchev–Trinajstić information content (AvgIpc) is 3.31. The number of thiophene rings is 1. The maximum atomic E-state index is 12.8. The van der Waals surface area contributed by atoms with Crippen molar-refractivity contribution >= 4 is 62.4 Å². The second-order valence-electron chi connectivity index (χ2n) is 9.01. The molecule has 9 heteroatoms. The molecule has 1 aliphatic rings. The fourth-order valence-corrected chi connectivity index (χ4v) is 5.59. The van der Waals surface area contributed by atoms with Gasteiger partial charge in [-0.05, 0) is 63.5 Å². The van der Waals surface area contributed by atoms with Gasteiger partial charge in [0.05, 0.1) is 16.8 Å². The van der Waals surface area contributed by atoms with E-state index in [9.17, 15) is 9.59 Å². The smallest absolute Gasteiger partial charge is 0.410 e.